The molecule has 0 heterocycles. The van der Waals surface area contributed by atoms with Gasteiger partial charge in [-0.3, -0.25) is 0 Å². The standard InChI is InChI=1S/C15H23FN2/c1-11(17)10-12-6-5-9-14(16)15(12)18(2)13-7-3-4-8-13/h5-6,9,11,13H,3-4,7-8,10,17H2,1-2H3. The molecule has 2 nitrogen and oxygen atoms in total. The fourth-order valence-corrected chi connectivity index (χ4v) is 2.94. The molecule has 2 N–H and O–H groups in total. The predicted octanol–water partition coefficient (Wildman–Crippen LogP) is 3.09. The molecular formula is C15H23FN2. The molecule has 18 heavy (non-hydrogen) atoms. The lowest BCUT2D eigenvalue weighted by Gasteiger charge is -2.29. The van der Waals surface area contributed by atoms with Crippen molar-refractivity contribution < 1.29 is 4.39 Å². The Morgan fingerprint density at radius 1 is 1.39 bits per heavy atom. The molecule has 1 aliphatic carbocycles. The van der Waals surface area contributed by atoms with Gasteiger partial charge in [-0.05, 0) is 37.8 Å². The second-order valence-corrected chi connectivity index (χ2v) is 5.48. The maximum atomic E-state index is 14.1. The van der Waals surface area contributed by atoms with Crippen molar-refractivity contribution in [3.8, 4) is 0 Å². The lowest BCUT2D eigenvalue weighted by molar-refractivity contribution is 0.589. The minimum absolute atomic E-state index is 0.0579. The van der Waals surface area contributed by atoms with Crippen molar-refractivity contribution >= 4 is 5.69 Å². The molecule has 0 spiro atoms. The highest BCUT2D eigenvalue weighted by molar-refractivity contribution is 5.55. The summed E-state index contributed by atoms with van der Waals surface area (Å²) in [6, 6.07) is 5.86. The highest BCUT2D eigenvalue weighted by Gasteiger charge is 2.23. The summed E-state index contributed by atoms with van der Waals surface area (Å²) >= 11 is 0. The SMILES string of the molecule is CC(N)Cc1cccc(F)c1N(C)C1CCCC1. The van der Waals surface area contributed by atoms with E-state index in [1.807, 2.05) is 20.0 Å². The first-order valence-corrected chi connectivity index (χ1v) is 6.85. The van der Waals surface area contributed by atoms with Gasteiger partial charge in [-0.1, -0.05) is 25.0 Å². The molecule has 1 aliphatic rings. The van der Waals surface area contributed by atoms with Crippen LogP contribution in [-0.2, 0) is 6.42 Å². The van der Waals surface area contributed by atoms with Crippen LogP contribution >= 0.6 is 0 Å². The summed E-state index contributed by atoms with van der Waals surface area (Å²) in [5.74, 6) is -0.123. The summed E-state index contributed by atoms with van der Waals surface area (Å²) in [6.07, 6.45) is 5.58. The smallest absolute Gasteiger partial charge is 0.146 e. The van der Waals surface area contributed by atoms with Crippen LogP contribution in [0.3, 0.4) is 0 Å². The average molecular weight is 250 g/mol. The molecule has 1 saturated carbocycles. The van der Waals surface area contributed by atoms with Crippen LogP contribution in [0.4, 0.5) is 10.1 Å². The Morgan fingerprint density at radius 2 is 2.06 bits per heavy atom. The molecule has 1 aromatic rings. The van der Waals surface area contributed by atoms with Crippen LogP contribution in [0, 0.1) is 5.82 Å². The monoisotopic (exact) mass is 250 g/mol. The van der Waals surface area contributed by atoms with Crippen molar-refractivity contribution in [3.63, 3.8) is 0 Å². The van der Waals surface area contributed by atoms with E-state index in [4.69, 9.17) is 5.73 Å². The minimum atomic E-state index is -0.123. The molecule has 1 unspecified atom stereocenters. The number of halogens is 1. The van der Waals surface area contributed by atoms with Crippen molar-refractivity contribution in [2.24, 2.45) is 5.73 Å². The zero-order valence-corrected chi connectivity index (χ0v) is 11.3. The van der Waals surface area contributed by atoms with E-state index < -0.39 is 0 Å². The second-order valence-electron chi connectivity index (χ2n) is 5.48. The Balaban J connectivity index is 2.28. The number of benzene rings is 1. The summed E-state index contributed by atoms with van der Waals surface area (Å²) < 4.78 is 14.1. The fraction of sp³-hybridized carbons (Fsp3) is 0.600. The molecule has 0 aromatic heterocycles. The molecule has 100 valence electrons. The normalized spacial score (nSPS) is 18.0. The number of nitrogens with two attached hydrogens (primary N) is 1. The third kappa shape index (κ3) is 2.83. The van der Waals surface area contributed by atoms with Crippen molar-refractivity contribution in [1.29, 1.82) is 0 Å². The minimum Gasteiger partial charge on any atom is -0.369 e. The zero-order chi connectivity index (χ0) is 13.1. The molecule has 0 bridgehead atoms. The van der Waals surface area contributed by atoms with Crippen molar-refractivity contribution in [2.45, 2.75) is 51.1 Å². The van der Waals surface area contributed by atoms with E-state index in [9.17, 15) is 4.39 Å². The summed E-state index contributed by atoms with van der Waals surface area (Å²) in [5, 5.41) is 0. The zero-order valence-electron chi connectivity index (χ0n) is 11.3. The molecule has 0 saturated heterocycles. The van der Waals surface area contributed by atoms with Gasteiger partial charge in [0.15, 0.2) is 0 Å². The van der Waals surface area contributed by atoms with Crippen LogP contribution in [0.25, 0.3) is 0 Å². The third-order valence-corrected chi connectivity index (χ3v) is 3.84. The first kappa shape index (κ1) is 13.3. The van der Waals surface area contributed by atoms with Gasteiger partial charge in [0.1, 0.15) is 5.82 Å². The Hall–Kier alpha value is -1.09. The Morgan fingerprint density at radius 3 is 2.67 bits per heavy atom. The summed E-state index contributed by atoms with van der Waals surface area (Å²) in [7, 11) is 2.01. The maximum Gasteiger partial charge on any atom is 0.146 e. The van der Waals surface area contributed by atoms with Crippen LogP contribution in [0.5, 0.6) is 0 Å². The molecule has 0 amide bonds. The van der Waals surface area contributed by atoms with E-state index in [0.717, 1.165) is 17.7 Å². The predicted molar refractivity (Wildman–Crippen MR) is 74.4 cm³/mol. The van der Waals surface area contributed by atoms with Gasteiger partial charge in [0.25, 0.3) is 0 Å². The van der Waals surface area contributed by atoms with Gasteiger partial charge in [0.2, 0.25) is 0 Å². The molecule has 0 radical (unpaired) electrons. The number of hydrogen-bond acceptors (Lipinski definition) is 2. The molecule has 1 aromatic carbocycles. The Bertz CT molecular complexity index is 397. The number of para-hydroxylation sites is 1. The average Bonchev–Trinajstić information content (AvgIpc) is 2.81. The van der Waals surface area contributed by atoms with Gasteiger partial charge < -0.3 is 10.6 Å². The van der Waals surface area contributed by atoms with Gasteiger partial charge in [-0.15, -0.1) is 0 Å². The van der Waals surface area contributed by atoms with Crippen molar-refractivity contribution in [3.05, 3.63) is 29.6 Å². The lowest BCUT2D eigenvalue weighted by Crippen LogP contribution is -2.31. The summed E-state index contributed by atoms with van der Waals surface area (Å²) in [5.41, 5.74) is 7.63. The van der Waals surface area contributed by atoms with E-state index in [-0.39, 0.29) is 11.9 Å². The fourth-order valence-electron chi connectivity index (χ4n) is 2.94. The maximum absolute atomic E-state index is 14.1. The number of hydrogen-bond donors (Lipinski definition) is 1. The van der Waals surface area contributed by atoms with Crippen LogP contribution < -0.4 is 10.6 Å². The van der Waals surface area contributed by atoms with E-state index in [1.165, 1.54) is 25.7 Å². The Kier molecular flexibility index (Phi) is 4.23. The first-order valence-electron chi connectivity index (χ1n) is 6.85. The molecule has 3 heteroatoms. The second kappa shape index (κ2) is 5.70. The lowest BCUT2D eigenvalue weighted by atomic mass is 10.0. The van der Waals surface area contributed by atoms with Crippen LogP contribution in [0.2, 0.25) is 0 Å². The number of anilines is 1. The van der Waals surface area contributed by atoms with Crippen LogP contribution in [0.15, 0.2) is 18.2 Å². The van der Waals surface area contributed by atoms with Crippen LogP contribution in [0.1, 0.15) is 38.2 Å². The van der Waals surface area contributed by atoms with Crippen molar-refractivity contribution in [2.75, 3.05) is 11.9 Å². The third-order valence-electron chi connectivity index (χ3n) is 3.84. The van der Waals surface area contributed by atoms with E-state index in [2.05, 4.69) is 4.90 Å². The van der Waals surface area contributed by atoms with Gasteiger partial charge in [0.05, 0.1) is 5.69 Å². The first-order chi connectivity index (χ1) is 8.59. The van der Waals surface area contributed by atoms with Gasteiger partial charge >= 0.3 is 0 Å². The van der Waals surface area contributed by atoms with E-state index in [0.29, 0.717) is 6.04 Å². The van der Waals surface area contributed by atoms with Gasteiger partial charge in [-0.25, -0.2) is 4.39 Å². The summed E-state index contributed by atoms with van der Waals surface area (Å²) in [6.45, 7) is 1.96. The largest absolute Gasteiger partial charge is 0.369 e. The van der Waals surface area contributed by atoms with Gasteiger partial charge in [-0.2, -0.15) is 0 Å². The Labute approximate surface area is 109 Å². The summed E-state index contributed by atoms with van der Waals surface area (Å²) in [4.78, 5) is 2.13. The van der Waals surface area contributed by atoms with E-state index >= 15 is 0 Å². The highest BCUT2D eigenvalue weighted by Crippen LogP contribution is 2.31. The van der Waals surface area contributed by atoms with E-state index in [1.54, 1.807) is 12.1 Å². The molecule has 0 aliphatic heterocycles. The highest BCUT2D eigenvalue weighted by atomic mass is 19.1. The van der Waals surface area contributed by atoms with Crippen molar-refractivity contribution in [1.82, 2.24) is 0 Å². The molecule has 2 rings (SSSR count). The molecule has 1 fully saturated rings. The topological polar surface area (TPSA) is 29.3 Å². The van der Waals surface area contributed by atoms with Crippen LogP contribution in [-0.4, -0.2) is 19.1 Å². The number of rotatable bonds is 4. The van der Waals surface area contributed by atoms with Gasteiger partial charge in [0, 0.05) is 19.1 Å². The number of nitrogens with zero attached hydrogens (tertiary/aromatic N) is 1. The molecule has 1 atom stereocenters. The molecular weight excluding hydrogens is 227 g/mol. The quantitative estimate of drug-likeness (QED) is 0.889.